The first-order valence-electron chi connectivity index (χ1n) is 8.53. The second-order valence-corrected chi connectivity index (χ2v) is 6.15. The maximum Gasteiger partial charge on any atom is 0.213 e. The highest BCUT2D eigenvalue weighted by molar-refractivity contribution is 5.49. The number of aromatic nitrogens is 1. The Morgan fingerprint density at radius 1 is 1.12 bits per heavy atom. The quantitative estimate of drug-likeness (QED) is 0.887. The van der Waals surface area contributed by atoms with Gasteiger partial charge in [0.2, 0.25) is 5.88 Å². The van der Waals surface area contributed by atoms with Crippen LogP contribution in [0.15, 0.2) is 48.7 Å². The SMILES string of the molecule is Cc1ccc(OC/C=C/c2ccc(CN3CCNCC3)cc2)nc1. The Hall–Kier alpha value is -2.17. The highest BCUT2D eigenvalue weighted by Gasteiger charge is 2.09. The summed E-state index contributed by atoms with van der Waals surface area (Å²) in [6, 6.07) is 12.7. The molecule has 1 aromatic heterocycles. The molecule has 0 spiro atoms. The number of ether oxygens (including phenoxy) is 1. The highest BCUT2D eigenvalue weighted by atomic mass is 16.5. The van der Waals surface area contributed by atoms with Crippen LogP contribution in [0.5, 0.6) is 5.88 Å². The second kappa shape index (κ2) is 8.62. The molecule has 0 atom stereocenters. The molecule has 2 aromatic rings. The van der Waals surface area contributed by atoms with Crippen LogP contribution in [0, 0.1) is 6.92 Å². The number of piperazine rings is 1. The van der Waals surface area contributed by atoms with Crippen LogP contribution in [-0.4, -0.2) is 42.7 Å². The van der Waals surface area contributed by atoms with Crippen LogP contribution in [0.3, 0.4) is 0 Å². The van der Waals surface area contributed by atoms with Gasteiger partial charge >= 0.3 is 0 Å². The molecule has 3 rings (SSSR count). The maximum atomic E-state index is 5.60. The standard InChI is InChI=1S/C20H25N3O/c1-17-4-9-20(22-15-17)24-14-2-3-18-5-7-19(8-6-18)16-23-12-10-21-11-13-23/h2-9,15,21H,10-14,16H2,1H3/b3-2+. The molecule has 0 bridgehead atoms. The van der Waals surface area contributed by atoms with Crippen LogP contribution < -0.4 is 10.1 Å². The van der Waals surface area contributed by atoms with E-state index in [2.05, 4.69) is 45.5 Å². The first-order chi connectivity index (χ1) is 11.8. The molecule has 0 saturated carbocycles. The largest absolute Gasteiger partial charge is 0.473 e. The third kappa shape index (κ3) is 5.18. The lowest BCUT2D eigenvalue weighted by Crippen LogP contribution is -2.42. The van der Waals surface area contributed by atoms with E-state index in [1.54, 1.807) is 0 Å². The molecule has 0 aliphatic carbocycles. The fourth-order valence-corrected chi connectivity index (χ4v) is 2.72. The molecule has 1 fully saturated rings. The van der Waals surface area contributed by atoms with Crippen LogP contribution in [-0.2, 0) is 6.54 Å². The van der Waals surface area contributed by atoms with Crippen LogP contribution in [0.25, 0.3) is 6.08 Å². The summed E-state index contributed by atoms with van der Waals surface area (Å²) in [5.41, 5.74) is 3.70. The third-order valence-corrected chi connectivity index (χ3v) is 4.12. The van der Waals surface area contributed by atoms with E-state index in [4.69, 9.17) is 4.74 Å². The van der Waals surface area contributed by atoms with Gasteiger partial charge in [0.15, 0.2) is 0 Å². The Kier molecular flexibility index (Phi) is 5.99. The molecule has 1 aromatic carbocycles. The molecule has 1 saturated heterocycles. The molecule has 1 aliphatic heterocycles. The lowest BCUT2D eigenvalue weighted by Gasteiger charge is -2.27. The third-order valence-electron chi connectivity index (χ3n) is 4.12. The van der Waals surface area contributed by atoms with Crippen molar-refractivity contribution in [2.24, 2.45) is 0 Å². The smallest absolute Gasteiger partial charge is 0.213 e. The van der Waals surface area contributed by atoms with Crippen molar-refractivity contribution in [2.45, 2.75) is 13.5 Å². The molecule has 1 N–H and O–H groups in total. The Balaban J connectivity index is 1.45. The lowest BCUT2D eigenvalue weighted by atomic mass is 10.1. The Labute approximate surface area is 144 Å². The van der Waals surface area contributed by atoms with Crippen molar-refractivity contribution >= 4 is 6.08 Å². The number of benzene rings is 1. The minimum atomic E-state index is 0.526. The molecule has 2 heterocycles. The van der Waals surface area contributed by atoms with Crippen LogP contribution in [0.2, 0.25) is 0 Å². The summed E-state index contributed by atoms with van der Waals surface area (Å²) in [7, 11) is 0. The van der Waals surface area contributed by atoms with Crippen molar-refractivity contribution in [3.05, 3.63) is 65.4 Å². The number of hydrogen-bond acceptors (Lipinski definition) is 4. The number of nitrogens with one attached hydrogen (secondary N) is 1. The van der Waals surface area contributed by atoms with Crippen molar-refractivity contribution in [3.8, 4) is 5.88 Å². The Morgan fingerprint density at radius 2 is 1.92 bits per heavy atom. The summed E-state index contributed by atoms with van der Waals surface area (Å²) < 4.78 is 5.60. The summed E-state index contributed by atoms with van der Waals surface area (Å²) in [6.07, 6.45) is 5.92. The van der Waals surface area contributed by atoms with Crippen LogP contribution >= 0.6 is 0 Å². The highest BCUT2D eigenvalue weighted by Crippen LogP contribution is 2.10. The second-order valence-electron chi connectivity index (χ2n) is 6.15. The molecule has 1 aliphatic rings. The first kappa shape index (κ1) is 16.7. The van der Waals surface area contributed by atoms with Gasteiger partial charge in [0, 0.05) is 45.0 Å². The number of nitrogens with zero attached hydrogens (tertiary/aromatic N) is 2. The van der Waals surface area contributed by atoms with E-state index in [-0.39, 0.29) is 0 Å². The van der Waals surface area contributed by atoms with Crippen LogP contribution in [0.4, 0.5) is 0 Å². The first-order valence-corrected chi connectivity index (χ1v) is 8.53. The van der Waals surface area contributed by atoms with Crippen molar-refractivity contribution in [3.63, 3.8) is 0 Å². The van der Waals surface area contributed by atoms with Crippen LogP contribution in [0.1, 0.15) is 16.7 Å². The van der Waals surface area contributed by atoms with Gasteiger partial charge in [-0.1, -0.05) is 36.4 Å². The van der Waals surface area contributed by atoms with Gasteiger partial charge in [-0.3, -0.25) is 4.90 Å². The van der Waals surface area contributed by atoms with Crippen molar-refractivity contribution in [1.29, 1.82) is 0 Å². The summed E-state index contributed by atoms with van der Waals surface area (Å²) in [5.74, 6) is 0.664. The fraction of sp³-hybridized carbons (Fsp3) is 0.350. The summed E-state index contributed by atoms with van der Waals surface area (Å²) >= 11 is 0. The zero-order chi connectivity index (χ0) is 16.6. The van der Waals surface area contributed by atoms with Gasteiger partial charge in [0.05, 0.1) is 0 Å². The predicted octanol–water partition coefficient (Wildman–Crippen LogP) is 2.89. The van der Waals surface area contributed by atoms with E-state index < -0.39 is 0 Å². The molecular formula is C20H25N3O. The number of rotatable bonds is 6. The average Bonchev–Trinajstić information content (AvgIpc) is 2.62. The Bertz CT molecular complexity index is 644. The minimum absolute atomic E-state index is 0.526. The summed E-state index contributed by atoms with van der Waals surface area (Å²) in [6.45, 7) is 8.03. The van der Waals surface area contributed by atoms with Crippen molar-refractivity contribution < 1.29 is 4.74 Å². The normalized spacial score (nSPS) is 15.7. The van der Waals surface area contributed by atoms with E-state index in [9.17, 15) is 0 Å². The lowest BCUT2D eigenvalue weighted by molar-refractivity contribution is 0.233. The number of pyridine rings is 1. The molecule has 0 amide bonds. The van der Waals surface area contributed by atoms with Gasteiger partial charge in [0.1, 0.15) is 6.61 Å². The van der Waals surface area contributed by atoms with Gasteiger partial charge in [-0.25, -0.2) is 4.98 Å². The zero-order valence-corrected chi connectivity index (χ0v) is 14.2. The van der Waals surface area contributed by atoms with Gasteiger partial charge in [-0.2, -0.15) is 0 Å². The molecular weight excluding hydrogens is 298 g/mol. The van der Waals surface area contributed by atoms with E-state index in [1.807, 2.05) is 31.3 Å². The van der Waals surface area contributed by atoms with Crippen molar-refractivity contribution in [1.82, 2.24) is 15.2 Å². The van der Waals surface area contributed by atoms with E-state index in [0.29, 0.717) is 12.5 Å². The summed E-state index contributed by atoms with van der Waals surface area (Å²) in [4.78, 5) is 6.71. The van der Waals surface area contributed by atoms with E-state index in [1.165, 1.54) is 11.1 Å². The molecule has 24 heavy (non-hydrogen) atoms. The van der Waals surface area contributed by atoms with Gasteiger partial charge in [0.25, 0.3) is 0 Å². The van der Waals surface area contributed by atoms with Gasteiger partial charge in [-0.15, -0.1) is 0 Å². The van der Waals surface area contributed by atoms with Crippen molar-refractivity contribution in [2.75, 3.05) is 32.8 Å². The predicted molar refractivity (Wildman–Crippen MR) is 98.1 cm³/mol. The molecule has 0 unspecified atom stereocenters. The summed E-state index contributed by atoms with van der Waals surface area (Å²) in [5, 5.41) is 3.39. The Morgan fingerprint density at radius 3 is 2.62 bits per heavy atom. The number of hydrogen-bond donors (Lipinski definition) is 1. The molecule has 4 nitrogen and oxygen atoms in total. The van der Waals surface area contributed by atoms with E-state index in [0.717, 1.165) is 38.3 Å². The molecule has 0 radical (unpaired) electrons. The fourth-order valence-electron chi connectivity index (χ4n) is 2.72. The molecule has 126 valence electrons. The zero-order valence-electron chi connectivity index (χ0n) is 14.2. The minimum Gasteiger partial charge on any atom is -0.473 e. The van der Waals surface area contributed by atoms with Gasteiger partial charge < -0.3 is 10.1 Å². The van der Waals surface area contributed by atoms with Gasteiger partial charge in [-0.05, 0) is 29.7 Å². The topological polar surface area (TPSA) is 37.4 Å². The van der Waals surface area contributed by atoms with E-state index >= 15 is 0 Å². The monoisotopic (exact) mass is 323 g/mol. The number of aryl methyl sites for hydroxylation is 1. The maximum absolute atomic E-state index is 5.60. The average molecular weight is 323 g/mol. The molecule has 4 heteroatoms.